The number of hydrogen-bond donors (Lipinski definition) is 0. The number of hydrogen-bond acceptors (Lipinski definition) is 4. The van der Waals surface area contributed by atoms with Gasteiger partial charge in [-0.3, -0.25) is 4.79 Å². The summed E-state index contributed by atoms with van der Waals surface area (Å²) in [7, 11) is 0. The highest BCUT2D eigenvalue weighted by atomic mass is 16.5. The first kappa shape index (κ1) is 7.27. The second kappa shape index (κ2) is 2.92. The van der Waals surface area contributed by atoms with Crippen LogP contribution in [0.3, 0.4) is 0 Å². The van der Waals surface area contributed by atoms with Crippen molar-refractivity contribution in [3.05, 3.63) is 12.2 Å². The highest BCUT2D eigenvalue weighted by Gasteiger charge is 2.22. The van der Waals surface area contributed by atoms with E-state index >= 15 is 0 Å². The summed E-state index contributed by atoms with van der Waals surface area (Å²) in [4.78, 5) is 16.9. The molecule has 2 rings (SSSR count). The van der Waals surface area contributed by atoms with Crippen LogP contribution in [0.25, 0.3) is 0 Å². The first-order chi connectivity index (χ1) is 5.88. The summed E-state index contributed by atoms with van der Waals surface area (Å²) in [6.07, 6.45) is 3.32. The maximum atomic E-state index is 11.4. The third-order valence-corrected chi connectivity index (χ3v) is 1.95. The number of nitrogens with zero attached hydrogens (tertiary/aromatic N) is 3. The molecule has 0 aromatic carbocycles. The van der Waals surface area contributed by atoms with Crippen LogP contribution in [-0.2, 0) is 0 Å². The van der Waals surface area contributed by atoms with E-state index in [-0.39, 0.29) is 11.7 Å². The normalized spacial score (nSPS) is 16.8. The summed E-state index contributed by atoms with van der Waals surface area (Å²) in [5.74, 6) is 0.0400. The van der Waals surface area contributed by atoms with Crippen LogP contribution in [0.4, 0.5) is 0 Å². The quantitative estimate of drug-likeness (QED) is 0.603. The molecule has 1 aromatic rings. The predicted octanol–water partition coefficient (Wildman–Crippen LogP) is 0.306. The topological polar surface area (TPSA) is 59.2 Å². The third kappa shape index (κ3) is 1.17. The Morgan fingerprint density at radius 3 is 2.83 bits per heavy atom. The Kier molecular flexibility index (Phi) is 1.77. The van der Waals surface area contributed by atoms with Crippen LogP contribution in [0, 0.1) is 0 Å². The predicted molar refractivity (Wildman–Crippen MR) is 39.4 cm³/mol. The summed E-state index contributed by atoms with van der Waals surface area (Å²) in [5.41, 5.74) is 0. The van der Waals surface area contributed by atoms with Gasteiger partial charge in [0.1, 0.15) is 0 Å². The van der Waals surface area contributed by atoms with Crippen molar-refractivity contribution >= 4 is 5.91 Å². The molecule has 1 amide bonds. The molecule has 1 fully saturated rings. The lowest BCUT2D eigenvalue weighted by atomic mass is 10.4. The van der Waals surface area contributed by atoms with Crippen molar-refractivity contribution < 1.29 is 9.32 Å². The van der Waals surface area contributed by atoms with Crippen molar-refractivity contribution in [3.63, 3.8) is 0 Å². The van der Waals surface area contributed by atoms with Crippen LogP contribution in [0.2, 0.25) is 0 Å². The molecule has 2 heterocycles. The van der Waals surface area contributed by atoms with Gasteiger partial charge >= 0.3 is 0 Å². The highest BCUT2D eigenvalue weighted by molar-refractivity contribution is 5.90. The van der Waals surface area contributed by atoms with E-state index in [0.29, 0.717) is 0 Å². The Bertz CT molecular complexity index is 264. The largest absolute Gasteiger partial charge is 0.342 e. The summed E-state index contributed by atoms with van der Waals surface area (Å²) >= 11 is 0. The van der Waals surface area contributed by atoms with E-state index in [1.165, 1.54) is 6.39 Å². The van der Waals surface area contributed by atoms with Gasteiger partial charge in [0.15, 0.2) is 0 Å². The number of amides is 1. The van der Waals surface area contributed by atoms with Gasteiger partial charge in [0.25, 0.3) is 11.7 Å². The van der Waals surface area contributed by atoms with Crippen molar-refractivity contribution in [3.8, 4) is 0 Å². The summed E-state index contributed by atoms with van der Waals surface area (Å²) < 4.78 is 4.49. The lowest BCUT2D eigenvalue weighted by Gasteiger charge is -2.11. The zero-order valence-electron chi connectivity index (χ0n) is 6.56. The average Bonchev–Trinajstić information content (AvgIpc) is 2.77. The number of rotatable bonds is 1. The molecule has 0 saturated carbocycles. The summed E-state index contributed by atoms with van der Waals surface area (Å²) in [6, 6.07) is 0. The minimum absolute atomic E-state index is 0.124. The molecule has 1 saturated heterocycles. The Morgan fingerprint density at radius 2 is 2.25 bits per heavy atom. The first-order valence-corrected chi connectivity index (χ1v) is 3.93. The highest BCUT2D eigenvalue weighted by Crippen LogP contribution is 2.09. The fourth-order valence-electron chi connectivity index (χ4n) is 1.33. The fraction of sp³-hybridized carbons (Fsp3) is 0.571. The molecule has 1 aromatic heterocycles. The lowest BCUT2D eigenvalue weighted by molar-refractivity contribution is 0.0777. The van der Waals surface area contributed by atoms with Crippen molar-refractivity contribution in [2.45, 2.75) is 12.8 Å². The van der Waals surface area contributed by atoms with Crippen LogP contribution < -0.4 is 0 Å². The Labute approximate surface area is 69.4 Å². The van der Waals surface area contributed by atoms with Crippen LogP contribution in [0.5, 0.6) is 0 Å². The molecule has 0 radical (unpaired) electrons. The van der Waals surface area contributed by atoms with Gasteiger partial charge in [0.2, 0.25) is 6.39 Å². The minimum atomic E-state index is -0.124. The fourth-order valence-corrected chi connectivity index (χ4v) is 1.33. The van der Waals surface area contributed by atoms with Gasteiger partial charge in [-0.2, -0.15) is 4.98 Å². The smallest absolute Gasteiger partial charge is 0.295 e. The molecular formula is C7H9N3O2. The molecule has 64 valence electrons. The van der Waals surface area contributed by atoms with E-state index in [2.05, 4.69) is 14.7 Å². The molecule has 0 spiro atoms. The Balaban J connectivity index is 2.09. The Morgan fingerprint density at radius 1 is 1.50 bits per heavy atom. The molecule has 1 aliphatic heterocycles. The summed E-state index contributed by atoms with van der Waals surface area (Å²) in [6.45, 7) is 1.63. The Hall–Kier alpha value is -1.39. The van der Waals surface area contributed by atoms with Crippen molar-refractivity contribution in [1.29, 1.82) is 0 Å². The zero-order chi connectivity index (χ0) is 8.39. The number of likely N-dealkylation sites (tertiary alicyclic amines) is 1. The number of carbonyl (C=O) groups is 1. The van der Waals surface area contributed by atoms with E-state index in [9.17, 15) is 4.79 Å². The van der Waals surface area contributed by atoms with E-state index < -0.39 is 0 Å². The average molecular weight is 167 g/mol. The third-order valence-electron chi connectivity index (χ3n) is 1.95. The SMILES string of the molecule is O=C(c1ncon1)N1CCCC1. The molecule has 1 aliphatic rings. The van der Waals surface area contributed by atoms with E-state index in [0.717, 1.165) is 25.9 Å². The molecule has 0 N–H and O–H groups in total. The van der Waals surface area contributed by atoms with Crippen LogP contribution in [0.1, 0.15) is 23.5 Å². The molecule has 5 nitrogen and oxygen atoms in total. The standard InChI is InChI=1S/C7H9N3O2/c11-7(6-8-5-12-9-6)10-3-1-2-4-10/h5H,1-4H2. The molecule has 0 aliphatic carbocycles. The maximum Gasteiger partial charge on any atom is 0.295 e. The van der Waals surface area contributed by atoms with Gasteiger partial charge in [-0.05, 0) is 12.8 Å². The van der Waals surface area contributed by atoms with Crippen molar-refractivity contribution in [2.75, 3.05) is 13.1 Å². The molecule has 0 unspecified atom stereocenters. The van der Waals surface area contributed by atoms with E-state index in [4.69, 9.17) is 0 Å². The monoisotopic (exact) mass is 167 g/mol. The van der Waals surface area contributed by atoms with E-state index in [1.54, 1.807) is 4.90 Å². The second-order valence-electron chi connectivity index (χ2n) is 2.75. The van der Waals surface area contributed by atoms with Crippen molar-refractivity contribution in [2.24, 2.45) is 0 Å². The van der Waals surface area contributed by atoms with Gasteiger partial charge in [-0.15, -0.1) is 0 Å². The zero-order valence-corrected chi connectivity index (χ0v) is 6.56. The molecular weight excluding hydrogens is 158 g/mol. The number of aromatic nitrogens is 2. The van der Waals surface area contributed by atoms with Gasteiger partial charge in [-0.25, -0.2) is 0 Å². The van der Waals surface area contributed by atoms with Crippen LogP contribution >= 0.6 is 0 Å². The van der Waals surface area contributed by atoms with Gasteiger partial charge in [0.05, 0.1) is 0 Å². The maximum absolute atomic E-state index is 11.4. The van der Waals surface area contributed by atoms with E-state index in [1.807, 2.05) is 0 Å². The van der Waals surface area contributed by atoms with Crippen LogP contribution in [-0.4, -0.2) is 34.0 Å². The van der Waals surface area contributed by atoms with Crippen molar-refractivity contribution in [1.82, 2.24) is 15.0 Å². The molecule has 12 heavy (non-hydrogen) atoms. The molecule has 0 bridgehead atoms. The van der Waals surface area contributed by atoms with Gasteiger partial charge in [0, 0.05) is 13.1 Å². The van der Waals surface area contributed by atoms with Gasteiger partial charge in [-0.1, -0.05) is 5.16 Å². The van der Waals surface area contributed by atoms with Gasteiger partial charge < -0.3 is 9.42 Å². The number of carbonyl (C=O) groups excluding carboxylic acids is 1. The summed E-state index contributed by atoms with van der Waals surface area (Å²) in [5, 5.41) is 3.48. The lowest BCUT2D eigenvalue weighted by Crippen LogP contribution is -2.28. The first-order valence-electron chi connectivity index (χ1n) is 3.93. The minimum Gasteiger partial charge on any atom is -0.342 e. The second-order valence-corrected chi connectivity index (χ2v) is 2.75. The van der Waals surface area contributed by atoms with Crippen LogP contribution in [0.15, 0.2) is 10.9 Å². The molecule has 5 heteroatoms. The molecule has 0 atom stereocenters.